The minimum Gasteiger partial charge on any atom is -0.474 e. The molecule has 1 aliphatic rings. The number of hydrogen-bond donors (Lipinski definition) is 1. The van der Waals surface area contributed by atoms with E-state index in [-0.39, 0.29) is 22.8 Å². The molecule has 14 heteroatoms. The molecule has 228 valence electrons. The van der Waals surface area contributed by atoms with Crippen molar-refractivity contribution in [3.05, 3.63) is 59.5 Å². The Hall–Kier alpha value is -3.94. The maximum Gasteiger partial charge on any atom is 0.267 e. The molecular weight excluding hydrogens is 592 g/mol. The number of aryl methyl sites for hydroxylation is 1. The van der Waals surface area contributed by atoms with Gasteiger partial charge in [0, 0.05) is 51.2 Å². The van der Waals surface area contributed by atoms with E-state index >= 15 is 0 Å². The zero-order chi connectivity index (χ0) is 30.7. The predicted octanol–water partition coefficient (Wildman–Crippen LogP) is 4.62. The van der Waals surface area contributed by atoms with Crippen LogP contribution in [0.3, 0.4) is 0 Å². The molecule has 0 spiro atoms. The normalized spacial score (nSPS) is 14.3. The smallest absolute Gasteiger partial charge is 0.267 e. The molecule has 4 heterocycles. The van der Waals surface area contributed by atoms with Crippen LogP contribution in [0.1, 0.15) is 26.3 Å². The van der Waals surface area contributed by atoms with Gasteiger partial charge in [0.2, 0.25) is 17.7 Å². The van der Waals surface area contributed by atoms with Crippen molar-refractivity contribution in [2.75, 3.05) is 42.8 Å². The van der Waals surface area contributed by atoms with E-state index in [0.29, 0.717) is 39.9 Å². The first-order chi connectivity index (χ1) is 20.6. The summed E-state index contributed by atoms with van der Waals surface area (Å²) in [5.74, 6) is 0.723. The number of nitrogens with one attached hydrogen (secondary N) is 1. The molecule has 4 aromatic rings. The molecule has 0 bridgehead atoms. The lowest BCUT2D eigenvalue weighted by molar-refractivity contribution is 0.234. The quantitative estimate of drug-likeness (QED) is 0.266. The molecule has 0 amide bonds. The highest BCUT2D eigenvalue weighted by atomic mass is 35.5. The number of piperazine rings is 1. The van der Waals surface area contributed by atoms with Gasteiger partial charge in [-0.1, -0.05) is 24.6 Å². The number of sulfonamides is 1. The van der Waals surface area contributed by atoms with Crippen LogP contribution in [0.4, 0.5) is 11.6 Å². The Kier molecular flexibility index (Phi) is 9.04. The highest BCUT2D eigenvalue weighted by Crippen LogP contribution is 2.41. The Morgan fingerprint density at radius 1 is 1.05 bits per heavy atom. The van der Waals surface area contributed by atoms with E-state index in [1.165, 1.54) is 17.1 Å². The lowest BCUT2D eigenvalue weighted by Gasteiger charge is -2.34. The molecule has 1 N–H and O–H groups in total. The molecule has 0 atom stereocenters. The van der Waals surface area contributed by atoms with Crippen LogP contribution in [-0.4, -0.2) is 77.4 Å². The van der Waals surface area contributed by atoms with Crippen LogP contribution >= 0.6 is 11.6 Å². The highest BCUT2D eigenvalue weighted by Gasteiger charge is 2.25. The third-order valence-electron chi connectivity index (χ3n) is 6.91. The topological polar surface area (TPSA) is 128 Å². The van der Waals surface area contributed by atoms with Gasteiger partial charge in [-0.15, -0.1) is 0 Å². The number of nitrogens with zero attached hydrogens (tertiary/aromatic N) is 7. The average molecular weight is 627 g/mol. The Labute approximate surface area is 256 Å². The highest BCUT2D eigenvalue weighted by molar-refractivity contribution is 7.92. The summed E-state index contributed by atoms with van der Waals surface area (Å²) in [6, 6.07) is 9.19. The van der Waals surface area contributed by atoms with Gasteiger partial charge in [-0.25, -0.2) is 23.1 Å². The van der Waals surface area contributed by atoms with E-state index in [1.54, 1.807) is 25.4 Å². The van der Waals surface area contributed by atoms with Gasteiger partial charge in [-0.05, 0) is 51.6 Å². The van der Waals surface area contributed by atoms with E-state index in [0.717, 1.165) is 31.9 Å². The van der Waals surface area contributed by atoms with E-state index in [4.69, 9.17) is 21.1 Å². The lowest BCUT2D eigenvalue weighted by Crippen LogP contribution is -2.44. The summed E-state index contributed by atoms with van der Waals surface area (Å²) in [6.07, 6.45) is 4.57. The average Bonchev–Trinajstić information content (AvgIpc) is 3.42. The Balaban J connectivity index is 1.62. The van der Waals surface area contributed by atoms with Crippen LogP contribution < -0.4 is 19.1 Å². The third kappa shape index (κ3) is 6.84. The predicted molar refractivity (Wildman–Crippen MR) is 166 cm³/mol. The fourth-order valence-corrected chi connectivity index (χ4v) is 5.92. The van der Waals surface area contributed by atoms with Crippen molar-refractivity contribution in [3.63, 3.8) is 0 Å². The fraction of sp³-hybridized carbons (Fsp3) is 0.379. The number of benzene rings is 1. The Morgan fingerprint density at radius 2 is 1.81 bits per heavy atom. The second-order valence-electron chi connectivity index (χ2n) is 10.5. The van der Waals surface area contributed by atoms with Gasteiger partial charge < -0.3 is 19.3 Å². The molecule has 1 fully saturated rings. The largest absolute Gasteiger partial charge is 0.474 e. The molecule has 43 heavy (non-hydrogen) atoms. The van der Waals surface area contributed by atoms with E-state index in [2.05, 4.69) is 41.6 Å². The standard InChI is InChI=1S/C29H35ClN8O4S/c1-6-21-26(22-9-8-12-31-27(22)41-19(2)3)33-29(35-43(39,40)20-17-32-37(5)18-20)34-28(21)42-24-11-7-10-23(25(24)30)38-15-13-36(4)14-16-38/h7-12,17-19H,6,13-16H2,1-5H3,(H,33,34,35). The number of halogens is 1. The number of pyridine rings is 1. The van der Waals surface area contributed by atoms with Crippen molar-refractivity contribution in [1.29, 1.82) is 0 Å². The van der Waals surface area contributed by atoms with Crippen molar-refractivity contribution >= 4 is 33.3 Å². The molecule has 12 nitrogen and oxygen atoms in total. The van der Waals surface area contributed by atoms with Crippen molar-refractivity contribution in [3.8, 4) is 28.8 Å². The monoisotopic (exact) mass is 626 g/mol. The van der Waals surface area contributed by atoms with Crippen molar-refractivity contribution in [1.82, 2.24) is 29.6 Å². The van der Waals surface area contributed by atoms with Crippen LogP contribution in [0.25, 0.3) is 11.3 Å². The van der Waals surface area contributed by atoms with Gasteiger partial charge in [0.1, 0.15) is 15.7 Å². The van der Waals surface area contributed by atoms with Gasteiger partial charge in [-0.2, -0.15) is 10.1 Å². The summed E-state index contributed by atoms with van der Waals surface area (Å²) in [5, 5.41) is 4.42. The minimum absolute atomic E-state index is 0.0321. The first kappa shape index (κ1) is 30.5. The first-order valence-corrected chi connectivity index (χ1v) is 15.9. The number of likely N-dealkylation sites (N-methyl/N-ethyl adjacent to an activating group) is 1. The molecule has 0 aliphatic carbocycles. The molecule has 0 saturated carbocycles. The SMILES string of the molecule is CCc1c(Oc2cccc(N3CCN(C)CC3)c2Cl)nc(NS(=O)(=O)c2cnn(C)c2)nc1-c1cccnc1OC(C)C. The number of hydrogen-bond acceptors (Lipinski definition) is 10. The molecule has 5 rings (SSSR count). The molecule has 1 aromatic carbocycles. The van der Waals surface area contributed by atoms with Gasteiger partial charge in [0.25, 0.3) is 10.0 Å². The first-order valence-electron chi connectivity index (χ1n) is 14.0. The molecule has 1 aliphatic heterocycles. The zero-order valence-electron chi connectivity index (χ0n) is 24.8. The summed E-state index contributed by atoms with van der Waals surface area (Å²) in [4.78, 5) is 18.1. The molecule has 3 aromatic heterocycles. The van der Waals surface area contributed by atoms with Gasteiger partial charge >= 0.3 is 0 Å². The van der Waals surface area contributed by atoms with Gasteiger partial charge in [0.15, 0.2) is 0 Å². The van der Waals surface area contributed by atoms with E-state index in [1.807, 2.05) is 39.0 Å². The Morgan fingerprint density at radius 3 is 2.49 bits per heavy atom. The van der Waals surface area contributed by atoms with Crippen molar-refractivity contribution in [2.45, 2.75) is 38.2 Å². The molecule has 0 unspecified atom stereocenters. The molecule has 1 saturated heterocycles. The van der Waals surface area contributed by atoms with Crippen LogP contribution in [0.15, 0.2) is 53.8 Å². The van der Waals surface area contributed by atoms with Gasteiger partial charge in [-0.3, -0.25) is 4.68 Å². The lowest BCUT2D eigenvalue weighted by atomic mass is 10.1. The molecule has 0 radical (unpaired) electrons. The second-order valence-corrected chi connectivity index (χ2v) is 12.6. The summed E-state index contributed by atoms with van der Waals surface area (Å²) >= 11 is 6.92. The van der Waals surface area contributed by atoms with Crippen LogP contribution in [0, 0.1) is 0 Å². The van der Waals surface area contributed by atoms with Crippen LogP contribution in [0.2, 0.25) is 5.02 Å². The van der Waals surface area contributed by atoms with Crippen LogP contribution in [-0.2, 0) is 23.5 Å². The zero-order valence-corrected chi connectivity index (χ0v) is 26.4. The molecular formula is C29H35ClN8O4S. The third-order valence-corrected chi connectivity index (χ3v) is 8.57. The van der Waals surface area contributed by atoms with Gasteiger partial charge in [0.05, 0.1) is 29.2 Å². The number of rotatable bonds is 10. The number of anilines is 2. The Bertz CT molecular complexity index is 1700. The van der Waals surface area contributed by atoms with E-state index < -0.39 is 10.0 Å². The maximum absolute atomic E-state index is 13.2. The summed E-state index contributed by atoms with van der Waals surface area (Å²) in [6.45, 7) is 9.24. The fourth-order valence-electron chi connectivity index (χ4n) is 4.71. The summed E-state index contributed by atoms with van der Waals surface area (Å²) in [5.41, 5.74) is 2.48. The van der Waals surface area contributed by atoms with Crippen LogP contribution in [0.5, 0.6) is 17.5 Å². The van der Waals surface area contributed by atoms with Crippen molar-refractivity contribution < 1.29 is 17.9 Å². The van der Waals surface area contributed by atoms with Crippen molar-refractivity contribution in [2.24, 2.45) is 7.05 Å². The summed E-state index contributed by atoms with van der Waals surface area (Å²) in [7, 11) is -0.333. The van der Waals surface area contributed by atoms with E-state index in [9.17, 15) is 8.42 Å². The summed E-state index contributed by atoms with van der Waals surface area (Å²) < 4.78 is 42.8. The maximum atomic E-state index is 13.2. The second kappa shape index (κ2) is 12.7. The number of aromatic nitrogens is 5. The number of ether oxygens (including phenoxy) is 2. The minimum atomic E-state index is -4.06.